The van der Waals surface area contributed by atoms with Crippen LogP contribution in [0.5, 0.6) is 5.75 Å². The van der Waals surface area contributed by atoms with Gasteiger partial charge in [0, 0.05) is 115 Å². The summed E-state index contributed by atoms with van der Waals surface area (Å²) >= 11 is 29.0. The molecule has 4 atom stereocenters. The van der Waals surface area contributed by atoms with Crippen LogP contribution in [-0.2, 0) is 21.0 Å². The van der Waals surface area contributed by atoms with Crippen LogP contribution in [0.15, 0.2) is 351 Å². The standard InChI is InChI=1S/C35H33Br2N.C33H33Br2N.C32H31Br2NO.C30H25Br2NO/c1-21-13-29(36)6-11-34(21)38(35-12-7-30(37)14-22(35)2)31-8-3-25(4-9-31)26-5-10-32-27-16-23-15-24(17-27)19-28(18-23)33(32)20-26;1-21-17-25(34)10-15-30(21)36(31-16-11-26(35)18-22(31)2)27-12-7-23(8-13-27)24-9-14-28-29(19-24)33(5,6)20-32(28,3)4;1-20-17-24(33)10-14-28(20)35(29-15-11-25(34)18-21(29)2)26-12-7-22(8-13-26)23-9-16-30-27(19-23)31(3,4)32(5,6)36-30;1-18-15-22(31)6-11-27(18)33(28-12-7-23(32)16-19(28)2)24-8-3-20(4-9-24)21-5-10-25-26(17-21)30-14-13-29(25)34-30/h3-14,20,23-24,27-28H,15-19H2,1-2H3;7-19H,20H2,1-6H3;7-19H,1-6H3;3-12,15-17,29-30H,13-14H2,1-2H3. The first-order valence-electron chi connectivity index (χ1n) is 50.5. The summed E-state index contributed by atoms with van der Waals surface area (Å²) in [7, 11) is 0. The molecule has 14 heteroatoms. The van der Waals surface area contributed by atoms with Crippen LogP contribution in [0.25, 0.3) is 44.5 Å². The van der Waals surface area contributed by atoms with E-state index in [0.29, 0.717) is 6.10 Å². The molecule has 5 aliphatic carbocycles. The van der Waals surface area contributed by atoms with Crippen molar-refractivity contribution in [2.24, 2.45) is 11.8 Å². The lowest BCUT2D eigenvalue weighted by atomic mass is 9.67. The second-order valence-electron chi connectivity index (χ2n) is 43.3. The first kappa shape index (κ1) is 102. The molecule has 0 radical (unpaired) electrons. The van der Waals surface area contributed by atoms with Crippen LogP contribution in [0.1, 0.15) is 214 Å². The summed E-state index contributed by atoms with van der Waals surface area (Å²) in [5.74, 6) is 4.49. The fraction of sp³-hybridized carbons (Fsp3) is 0.262. The molecule has 0 N–H and O–H groups in total. The fourth-order valence-corrected chi connectivity index (χ4v) is 28.0. The minimum Gasteiger partial charge on any atom is -0.487 e. The summed E-state index contributed by atoms with van der Waals surface area (Å²) in [5, 5.41) is 0. The van der Waals surface area contributed by atoms with Crippen molar-refractivity contribution in [3.63, 3.8) is 0 Å². The third-order valence-corrected chi connectivity index (χ3v) is 35.8. The van der Waals surface area contributed by atoms with Crippen LogP contribution in [0, 0.1) is 67.2 Å². The average Bonchev–Trinajstić information content (AvgIpc) is 1.59. The Bertz CT molecular complexity index is 7390. The number of hydrogen-bond acceptors (Lipinski definition) is 6. The monoisotopic (exact) mass is 2400 g/mol. The highest BCUT2D eigenvalue weighted by Crippen LogP contribution is 2.59. The Labute approximate surface area is 920 Å². The molecule has 8 aliphatic rings. The summed E-state index contributed by atoms with van der Waals surface area (Å²) in [6.07, 6.45) is 11.3. The first-order chi connectivity index (χ1) is 68.8. The Kier molecular flexibility index (Phi) is 29.0. The molecule has 0 amide bonds. The molecule has 0 spiro atoms. The Morgan fingerprint density at radius 3 is 0.812 bits per heavy atom. The van der Waals surface area contributed by atoms with E-state index in [4.69, 9.17) is 9.47 Å². The SMILES string of the molecule is Cc1cc(Br)ccc1N(c1ccc(-c2ccc3c(c2)C(C)(C)C(C)(C)O3)cc1)c1ccc(Br)cc1C.Cc1cc(Br)ccc1N(c1ccc(-c2ccc3c(c2)C(C)(C)CC3(C)C)cc1)c1ccc(Br)cc1C.Cc1cc(Br)ccc1N(c1ccc(-c2ccc3c(c2)C2CC4CC(CC3C4)C2)cc1)c1ccc(Br)cc1C.Cc1cc(Br)ccc1N(c1ccc(-c2ccc3c(c2)C2CCC3O2)cc1)c1ccc(Br)cc1C. The predicted molar refractivity (Wildman–Crippen MR) is 635 cm³/mol. The predicted octanol–water partition coefficient (Wildman–Crippen LogP) is 42.6. The van der Waals surface area contributed by atoms with E-state index in [1.54, 1.807) is 11.1 Å². The molecule has 0 aromatic heterocycles. The minimum absolute atomic E-state index is 0.0622. The largest absolute Gasteiger partial charge is 0.487 e. The second kappa shape index (κ2) is 41.1. The molecule has 24 rings (SSSR count). The molecule has 2 saturated carbocycles. The normalized spacial score (nSPS) is 18.2. The van der Waals surface area contributed by atoms with E-state index in [2.05, 4.69) is 573 Å². The van der Waals surface area contributed by atoms with Crippen molar-refractivity contribution in [1.29, 1.82) is 0 Å². The van der Waals surface area contributed by atoms with Gasteiger partial charge in [0.2, 0.25) is 0 Å². The van der Waals surface area contributed by atoms with Gasteiger partial charge in [-0.2, -0.15) is 0 Å². The number of fused-ring (bicyclic) bond motifs is 7. The summed E-state index contributed by atoms with van der Waals surface area (Å²) in [6.45, 7) is 35.7. The molecule has 3 fully saturated rings. The topological polar surface area (TPSA) is 31.4 Å². The van der Waals surface area contributed by atoms with Gasteiger partial charge in [0.25, 0.3) is 0 Å². The third kappa shape index (κ3) is 20.5. The number of rotatable bonds is 16. The Morgan fingerprint density at radius 1 is 0.236 bits per heavy atom. The first-order valence-corrected chi connectivity index (χ1v) is 56.8. The summed E-state index contributed by atoms with van der Waals surface area (Å²) in [6, 6.07) is 116. The third-order valence-electron chi connectivity index (χ3n) is 31.8. The van der Waals surface area contributed by atoms with Crippen molar-refractivity contribution >= 4 is 196 Å². The van der Waals surface area contributed by atoms with E-state index in [1.165, 1.54) is 195 Å². The molecule has 4 unspecified atom stereocenters. The van der Waals surface area contributed by atoms with Crippen molar-refractivity contribution < 1.29 is 9.47 Å². The molecule has 6 nitrogen and oxygen atoms in total. The van der Waals surface area contributed by atoms with Crippen molar-refractivity contribution in [3.05, 3.63) is 435 Å². The number of halogens is 8. The maximum atomic E-state index is 6.27. The fourth-order valence-electron chi connectivity index (χ4n) is 24.2. The number of aryl methyl sites for hydroxylation is 8. The van der Waals surface area contributed by atoms with Gasteiger partial charge >= 0.3 is 0 Å². The van der Waals surface area contributed by atoms with E-state index >= 15 is 0 Å². The van der Waals surface area contributed by atoms with Gasteiger partial charge in [-0.25, -0.2) is 0 Å². The quantitative estimate of drug-likeness (QED) is 0.0958. The van der Waals surface area contributed by atoms with Crippen molar-refractivity contribution in [2.45, 2.75) is 208 Å². The van der Waals surface area contributed by atoms with E-state index in [-0.39, 0.29) is 27.9 Å². The van der Waals surface area contributed by atoms with Gasteiger partial charge < -0.3 is 29.1 Å². The van der Waals surface area contributed by atoms with Gasteiger partial charge in [-0.3, -0.25) is 0 Å². The Balaban J connectivity index is 0.000000117. The molecule has 16 aromatic rings. The molecule has 730 valence electrons. The lowest BCUT2D eigenvalue weighted by molar-refractivity contribution is 0.0712. The van der Waals surface area contributed by atoms with Crippen LogP contribution >= 0.6 is 127 Å². The van der Waals surface area contributed by atoms with Crippen molar-refractivity contribution in [1.82, 2.24) is 0 Å². The Morgan fingerprint density at radius 2 is 0.493 bits per heavy atom. The van der Waals surface area contributed by atoms with Crippen LogP contribution in [0.2, 0.25) is 0 Å². The van der Waals surface area contributed by atoms with Gasteiger partial charge in [-0.05, 0) is 490 Å². The molecule has 1 saturated heterocycles. The maximum absolute atomic E-state index is 6.27. The molecule has 6 bridgehead atoms. The van der Waals surface area contributed by atoms with Gasteiger partial charge in [0.1, 0.15) is 11.4 Å². The van der Waals surface area contributed by atoms with E-state index < -0.39 is 0 Å². The molecule has 3 heterocycles. The molecule has 144 heavy (non-hydrogen) atoms. The van der Waals surface area contributed by atoms with Gasteiger partial charge in [0.15, 0.2) is 0 Å². The van der Waals surface area contributed by atoms with Crippen LogP contribution in [0.4, 0.5) is 68.2 Å². The Hall–Kier alpha value is -9.68. The number of anilines is 12. The number of ether oxygens (including phenoxy) is 2. The van der Waals surface area contributed by atoms with Crippen LogP contribution < -0.4 is 24.3 Å². The molecule has 16 aromatic carbocycles. The lowest BCUT2D eigenvalue weighted by Crippen LogP contribution is -2.41. The van der Waals surface area contributed by atoms with Gasteiger partial charge in [0.05, 0.1) is 12.2 Å². The summed E-state index contributed by atoms with van der Waals surface area (Å²) in [4.78, 5) is 9.44. The number of benzene rings is 16. The van der Waals surface area contributed by atoms with Gasteiger partial charge in [-0.15, -0.1) is 0 Å². The lowest BCUT2D eigenvalue weighted by Gasteiger charge is -2.38. The summed E-state index contributed by atoms with van der Waals surface area (Å²) in [5.41, 5.74) is 44.4. The summed E-state index contributed by atoms with van der Waals surface area (Å²) < 4.78 is 21.1. The van der Waals surface area contributed by atoms with Crippen LogP contribution in [0.3, 0.4) is 0 Å². The number of hydrogen-bond donors (Lipinski definition) is 0. The van der Waals surface area contributed by atoms with E-state index in [9.17, 15) is 0 Å². The molecular weight excluding hydrogens is 2290 g/mol. The average molecular weight is 2410 g/mol. The zero-order valence-corrected chi connectivity index (χ0v) is 97.5. The smallest absolute Gasteiger partial charge is 0.124 e. The second-order valence-corrected chi connectivity index (χ2v) is 50.6. The zero-order chi connectivity index (χ0) is 101. The van der Waals surface area contributed by atoms with E-state index in [0.717, 1.165) is 106 Å². The van der Waals surface area contributed by atoms with Crippen LogP contribution in [-0.4, -0.2) is 5.60 Å². The highest BCUT2D eigenvalue weighted by atomic mass is 79.9. The van der Waals surface area contributed by atoms with E-state index in [1.807, 2.05) is 0 Å². The highest BCUT2D eigenvalue weighted by Gasteiger charge is 2.49. The number of nitrogens with zero attached hydrogens (tertiary/aromatic N) is 4. The molecule has 3 aliphatic heterocycles. The van der Waals surface area contributed by atoms with Crippen molar-refractivity contribution in [2.75, 3.05) is 19.6 Å². The maximum Gasteiger partial charge on any atom is 0.124 e. The minimum atomic E-state index is -0.233. The van der Waals surface area contributed by atoms with Crippen molar-refractivity contribution in [3.8, 4) is 50.3 Å². The molecular formula is C130H122Br8N4O2. The van der Waals surface area contributed by atoms with Gasteiger partial charge in [-0.1, -0.05) is 272 Å². The highest BCUT2D eigenvalue weighted by molar-refractivity contribution is 9.11. The zero-order valence-electron chi connectivity index (χ0n) is 84.8.